The Bertz CT molecular complexity index is 776. The second kappa shape index (κ2) is 8.25. The number of carboxylic acid groups (broad SMARTS) is 1. The molecule has 1 aromatic heterocycles. The van der Waals surface area contributed by atoms with Crippen molar-refractivity contribution >= 4 is 22.9 Å². The number of benzene rings is 1. The van der Waals surface area contributed by atoms with Crippen LogP contribution in [0.1, 0.15) is 43.7 Å². The van der Waals surface area contributed by atoms with Crippen molar-refractivity contribution in [2.75, 3.05) is 6.54 Å². The molecule has 4 N–H and O–H groups in total. The number of hydrogen-bond acceptors (Lipinski definition) is 2. The molecule has 0 spiro atoms. The van der Waals surface area contributed by atoms with Crippen LogP contribution in [-0.2, 0) is 17.6 Å². The molecule has 140 valence electrons. The molecule has 0 saturated heterocycles. The van der Waals surface area contributed by atoms with Crippen molar-refractivity contribution in [2.45, 2.75) is 51.5 Å². The molecular formula is C20H27N3O3. The van der Waals surface area contributed by atoms with Gasteiger partial charge in [0.1, 0.15) is 0 Å². The zero-order valence-electron chi connectivity index (χ0n) is 15.2. The van der Waals surface area contributed by atoms with Gasteiger partial charge in [0.15, 0.2) is 0 Å². The predicted octanol–water partition coefficient (Wildman–Crippen LogP) is 3.22. The van der Waals surface area contributed by atoms with E-state index in [-0.39, 0.29) is 18.0 Å². The molecule has 1 heterocycles. The van der Waals surface area contributed by atoms with Gasteiger partial charge in [0, 0.05) is 29.7 Å². The fourth-order valence-electron chi connectivity index (χ4n) is 3.81. The van der Waals surface area contributed by atoms with Crippen LogP contribution in [0.25, 0.3) is 10.9 Å². The van der Waals surface area contributed by atoms with E-state index in [1.807, 2.05) is 6.20 Å². The number of aryl methyl sites for hydroxylation is 1. The van der Waals surface area contributed by atoms with E-state index in [4.69, 9.17) is 5.11 Å². The van der Waals surface area contributed by atoms with Crippen molar-refractivity contribution in [3.05, 3.63) is 35.5 Å². The van der Waals surface area contributed by atoms with Gasteiger partial charge in [0.05, 0.1) is 5.92 Å². The molecule has 0 atom stereocenters. The summed E-state index contributed by atoms with van der Waals surface area (Å²) >= 11 is 0. The van der Waals surface area contributed by atoms with Gasteiger partial charge in [0.2, 0.25) is 0 Å². The van der Waals surface area contributed by atoms with Crippen LogP contribution in [0.3, 0.4) is 0 Å². The van der Waals surface area contributed by atoms with Crippen molar-refractivity contribution in [1.29, 1.82) is 0 Å². The molecule has 0 unspecified atom stereocenters. The van der Waals surface area contributed by atoms with Crippen LogP contribution in [0.2, 0.25) is 0 Å². The average molecular weight is 357 g/mol. The van der Waals surface area contributed by atoms with Gasteiger partial charge in [-0.2, -0.15) is 0 Å². The summed E-state index contributed by atoms with van der Waals surface area (Å²) in [5.74, 6) is -0.983. The molecule has 3 rings (SSSR count). The van der Waals surface area contributed by atoms with Gasteiger partial charge in [-0.05, 0) is 49.7 Å². The molecule has 1 aromatic carbocycles. The van der Waals surface area contributed by atoms with E-state index in [1.165, 1.54) is 22.0 Å². The molecule has 1 aliphatic rings. The minimum atomic E-state index is -0.724. The normalized spacial score (nSPS) is 20.0. The SMILES string of the molecule is CCc1cccc2c(CCNC(=O)NC3CCC(C(=O)O)CC3)c[nH]c12. The van der Waals surface area contributed by atoms with Gasteiger partial charge in [-0.1, -0.05) is 25.1 Å². The van der Waals surface area contributed by atoms with Crippen molar-refractivity contribution in [1.82, 2.24) is 15.6 Å². The number of H-pyrrole nitrogens is 1. The van der Waals surface area contributed by atoms with Crippen LogP contribution in [0.5, 0.6) is 0 Å². The van der Waals surface area contributed by atoms with Crippen molar-refractivity contribution < 1.29 is 14.7 Å². The number of amides is 2. The number of aromatic amines is 1. The lowest BCUT2D eigenvalue weighted by Gasteiger charge is -2.26. The van der Waals surface area contributed by atoms with Crippen molar-refractivity contribution in [3.63, 3.8) is 0 Å². The number of nitrogens with one attached hydrogen (secondary N) is 3. The number of para-hydroxylation sites is 1. The molecule has 0 bridgehead atoms. The van der Waals surface area contributed by atoms with Crippen molar-refractivity contribution in [3.8, 4) is 0 Å². The van der Waals surface area contributed by atoms with E-state index in [0.29, 0.717) is 19.4 Å². The van der Waals surface area contributed by atoms with Gasteiger partial charge in [-0.25, -0.2) is 4.79 Å². The Morgan fingerprint density at radius 1 is 1.19 bits per heavy atom. The van der Waals surface area contributed by atoms with Crippen LogP contribution in [0, 0.1) is 5.92 Å². The number of urea groups is 1. The number of carbonyl (C=O) groups excluding carboxylic acids is 1. The quantitative estimate of drug-likeness (QED) is 0.639. The maximum atomic E-state index is 12.1. The van der Waals surface area contributed by atoms with Gasteiger partial charge < -0.3 is 20.7 Å². The molecule has 2 aromatic rings. The van der Waals surface area contributed by atoms with Crippen molar-refractivity contribution in [2.24, 2.45) is 5.92 Å². The summed E-state index contributed by atoms with van der Waals surface area (Å²) < 4.78 is 0. The Morgan fingerprint density at radius 3 is 2.65 bits per heavy atom. The van der Waals surface area contributed by atoms with Gasteiger partial charge in [0.25, 0.3) is 0 Å². The van der Waals surface area contributed by atoms with Gasteiger partial charge in [-0.3, -0.25) is 4.79 Å². The summed E-state index contributed by atoms with van der Waals surface area (Å²) in [6.07, 6.45) is 6.51. The fourth-order valence-corrected chi connectivity index (χ4v) is 3.81. The molecule has 0 aliphatic heterocycles. The summed E-state index contributed by atoms with van der Waals surface area (Å²) in [5.41, 5.74) is 3.69. The minimum Gasteiger partial charge on any atom is -0.481 e. The highest BCUT2D eigenvalue weighted by Crippen LogP contribution is 2.24. The van der Waals surface area contributed by atoms with Crippen LogP contribution >= 0.6 is 0 Å². The zero-order chi connectivity index (χ0) is 18.5. The second-order valence-electron chi connectivity index (χ2n) is 7.04. The fraction of sp³-hybridized carbons (Fsp3) is 0.500. The number of aromatic nitrogens is 1. The number of hydrogen-bond donors (Lipinski definition) is 4. The predicted molar refractivity (Wildman–Crippen MR) is 101 cm³/mol. The average Bonchev–Trinajstić information content (AvgIpc) is 3.05. The summed E-state index contributed by atoms with van der Waals surface area (Å²) in [7, 11) is 0. The highest BCUT2D eigenvalue weighted by atomic mass is 16.4. The Kier molecular flexibility index (Phi) is 5.81. The Hall–Kier alpha value is -2.50. The topological polar surface area (TPSA) is 94.2 Å². The first-order chi connectivity index (χ1) is 12.6. The molecule has 1 saturated carbocycles. The van der Waals surface area contributed by atoms with Crippen LogP contribution < -0.4 is 10.6 Å². The van der Waals surface area contributed by atoms with Crippen LogP contribution in [0.4, 0.5) is 4.79 Å². The molecule has 6 heteroatoms. The Labute approximate surface area is 153 Å². The maximum Gasteiger partial charge on any atom is 0.315 e. The van der Waals surface area contributed by atoms with E-state index in [0.717, 1.165) is 25.7 Å². The lowest BCUT2D eigenvalue weighted by Crippen LogP contribution is -2.44. The van der Waals surface area contributed by atoms with Crippen LogP contribution in [-0.4, -0.2) is 34.7 Å². The highest BCUT2D eigenvalue weighted by molar-refractivity contribution is 5.86. The monoisotopic (exact) mass is 357 g/mol. The number of rotatable bonds is 6. The molecule has 1 aliphatic carbocycles. The molecular weight excluding hydrogens is 330 g/mol. The molecule has 2 amide bonds. The lowest BCUT2D eigenvalue weighted by atomic mass is 9.86. The number of aliphatic carboxylic acids is 1. The van der Waals surface area contributed by atoms with E-state index < -0.39 is 5.97 Å². The summed E-state index contributed by atoms with van der Waals surface area (Å²) in [5, 5.41) is 16.1. The summed E-state index contributed by atoms with van der Waals surface area (Å²) in [6, 6.07) is 6.23. The standard InChI is InChI=1S/C20H27N3O3/c1-2-13-4-3-5-17-15(12-22-18(13)17)10-11-21-20(26)23-16-8-6-14(7-9-16)19(24)25/h3-5,12,14,16,22H,2,6-11H2,1H3,(H,24,25)(H2,21,23,26). The number of carboxylic acids is 1. The first-order valence-electron chi connectivity index (χ1n) is 9.43. The van der Waals surface area contributed by atoms with Gasteiger partial charge in [-0.15, -0.1) is 0 Å². The largest absolute Gasteiger partial charge is 0.481 e. The maximum absolute atomic E-state index is 12.1. The van der Waals surface area contributed by atoms with E-state index in [2.05, 4.69) is 40.7 Å². The summed E-state index contributed by atoms with van der Waals surface area (Å²) in [6.45, 7) is 2.71. The molecule has 6 nitrogen and oxygen atoms in total. The first-order valence-corrected chi connectivity index (χ1v) is 9.43. The third kappa shape index (κ3) is 4.18. The van der Waals surface area contributed by atoms with E-state index in [1.54, 1.807) is 0 Å². The second-order valence-corrected chi connectivity index (χ2v) is 7.04. The Balaban J connectivity index is 1.45. The molecule has 26 heavy (non-hydrogen) atoms. The van der Waals surface area contributed by atoms with E-state index in [9.17, 15) is 9.59 Å². The number of fused-ring (bicyclic) bond motifs is 1. The summed E-state index contributed by atoms with van der Waals surface area (Å²) in [4.78, 5) is 26.4. The zero-order valence-corrected chi connectivity index (χ0v) is 15.2. The highest BCUT2D eigenvalue weighted by Gasteiger charge is 2.26. The van der Waals surface area contributed by atoms with Gasteiger partial charge >= 0.3 is 12.0 Å². The van der Waals surface area contributed by atoms with E-state index >= 15 is 0 Å². The third-order valence-corrected chi connectivity index (χ3v) is 5.36. The van der Waals surface area contributed by atoms with Crippen LogP contribution in [0.15, 0.2) is 24.4 Å². The molecule has 1 fully saturated rings. The number of carbonyl (C=O) groups is 2. The first kappa shape index (κ1) is 18.3. The lowest BCUT2D eigenvalue weighted by molar-refractivity contribution is -0.142. The Morgan fingerprint density at radius 2 is 1.96 bits per heavy atom. The smallest absolute Gasteiger partial charge is 0.315 e. The minimum absolute atomic E-state index is 0.0748. The molecule has 0 radical (unpaired) electrons. The third-order valence-electron chi connectivity index (χ3n) is 5.36.